The number of fused-ring (bicyclic) bond motifs is 26. The minimum Gasteiger partial charge on any atom is -0.308 e. The molecule has 6 heteroatoms. The third-order valence-corrected chi connectivity index (χ3v) is 29.4. The SMILES string of the molecule is c1cc(-c2ccc(-c3ccc4c5ccccc5c5ccccc5c4c3)cc2)cc(N2c3ccccc3Sc3ccccc32)c1.c1ccc2c(c1)Sc1ccccc1N2c1ccc(-c2ccc3c4ccccc4c4ccccc4c3c2)c2ccccc12.c1ccc2c(c1)Sc1ccccc1N2c1ccc2cc(-c3ccc4c5ccccc5c5ccccc5c4c3)ccc2c1. The van der Waals surface area contributed by atoms with Crippen LogP contribution < -0.4 is 14.7 Å². The second-order valence-electron chi connectivity index (χ2n) is 33.2. The summed E-state index contributed by atoms with van der Waals surface area (Å²) in [5.41, 5.74) is 20.7. The quantitative estimate of drug-likeness (QED) is 0.146. The number of benzene rings is 24. The maximum Gasteiger partial charge on any atom is 0.0601 e. The average Bonchev–Trinajstić information content (AvgIpc) is 0.725. The highest BCUT2D eigenvalue weighted by molar-refractivity contribution is 8.00. The maximum atomic E-state index is 2.44. The Morgan fingerprint density at radius 3 is 0.773 bits per heavy atom. The van der Waals surface area contributed by atoms with E-state index in [0.29, 0.717) is 0 Å². The van der Waals surface area contributed by atoms with Crippen molar-refractivity contribution < 1.29 is 0 Å². The van der Waals surface area contributed by atoms with Gasteiger partial charge in [0.1, 0.15) is 0 Å². The molecule has 24 aromatic carbocycles. The van der Waals surface area contributed by atoms with E-state index < -0.39 is 0 Å². The minimum absolute atomic E-state index is 1.17. The molecule has 0 aliphatic carbocycles. The van der Waals surface area contributed by atoms with Crippen LogP contribution in [-0.2, 0) is 0 Å². The van der Waals surface area contributed by atoms with Crippen LogP contribution in [0, 0.1) is 0 Å². The molecule has 0 bridgehead atoms. The molecule has 0 saturated carbocycles. The molecule has 0 radical (unpaired) electrons. The van der Waals surface area contributed by atoms with Gasteiger partial charge < -0.3 is 14.7 Å². The zero-order valence-electron chi connectivity index (χ0n) is 69.5. The highest BCUT2D eigenvalue weighted by atomic mass is 32.2. The fourth-order valence-corrected chi connectivity index (χ4v) is 23.3. The van der Waals surface area contributed by atoms with E-state index >= 15 is 0 Å². The number of nitrogens with zero attached hydrogens (tertiary/aromatic N) is 3. The Morgan fingerprint density at radius 2 is 0.383 bits per heavy atom. The normalized spacial score (nSPS) is 12.5. The molecule has 128 heavy (non-hydrogen) atoms. The molecule has 27 rings (SSSR count). The average molecular weight is 1680 g/mol. The first kappa shape index (κ1) is 75.1. The molecular formula is C122H77N3S3. The van der Waals surface area contributed by atoms with Gasteiger partial charge in [-0.2, -0.15) is 0 Å². The summed E-state index contributed by atoms with van der Waals surface area (Å²) in [6, 6.07) is 171. The van der Waals surface area contributed by atoms with Crippen LogP contribution >= 0.6 is 35.3 Å². The van der Waals surface area contributed by atoms with Gasteiger partial charge >= 0.3 is 0 Å². The summed E-state index contributed by atoms with van der Waals surface area (Å²) in [6.07, 6.45) is 0. The summed E-state index contributed by atoms with van der Waals surface area (Å²) in [5.74, 6) is 0. The van der Waals surface area contributed by atoms with E-state index in [-0.39, 0.29) is 0 Å². The molecule has 0 aromatic heterocycles. The zero-order chi connectivity index (χ0) is 84.3. The lowest BCUT2D eigenvalue weighted by Gasteiger charge is -2.33. The molecule has 0 N–H and O–H groups in total. The second kappa shape index (κ2) is 31.4. The van der Waals surface area contributed by atoms with Crippen LogP contribution in [-0.4, -0.2) is 0 Å². The van der Waals surface area contributed by atoms with E-state index in [1.807, 2.05) is 35.3 Å². The van der Waals surface area contributed by atoms with Gasteiger partial charge in [0.05, 0.1) is 39.8 Å². The third-order valence-electron chi connectivity index (χ3n) is 26.1. The van der Waals surface area contributed by atoms with Gasteiger partial charge in [-0.3, -0.25) is 0 Å². The highest BCUT2D eigenvalue weighted by Gasteiger charge is 2.30. The van der Waals surface area contributed by atoms with Gasteiger partial charge in [-0.1, -0.05) is 375 Å². The molecule has 598 valence electrons. The smallest absolute Gasteiger partial charge is 0.0601 e. The van der Waals surface area contributed by atoms with Crippen molar-refractivity contribution in [3.05, 3.63) is 467 Å². The van der Waals surface area contributed by atoms with Gasteiger partial charge in [0.15, 0.2) is 0 Å². The molecule has 0 spiro atoms. The van der Waals surface area contributed by atoms with Crippen LogP contribution in [0.25, 0.3) is 163 Å². The molecule has 0 atom stereocenters. The lowest BCUT2D eigenvalue weighted by molar-refractivity contribution is 1.17. The molecular weight excluding hydrogens is 1600 g/mol. The molecule has 0 unspecified atom stereocenters. The van der Waals surface area contributed by atoms with E-state index in [9.17, 15) is 0 Å². The van der Waals surface area contributed by atoms with E-state index in [0.717, 1.165) is 0 Å². The number of anilines is 9. The monoisotopic (exact) mass is 1680 g/mol. The van der Waals surface area contributed by atoms with Crippen molar-refractivity contribution >= 4 is 205 Å². The molecule has 3 nitrogen and oxygen atoms in total. The van der Waals surface area contributed by atoms with Crippen LogP contribution in [0.15, 0.2) is 496 Å². The van der Waals surface area contributed by atoms with Crippen LogP contribution in [0.5, 0.6) is 0 Å². The Balaban J connectivity index is 0.000000104. The number of hydrogen-bond acceptors (Lipinski definition) is 6. The predicted octanol–water partition coefficient (Wildman–Crippen LogP) is 36.2. The van der Waals surface area contributed by atoms with Crippen molar-refractivity contribution in [2.45, 2.75) is 29.4 Å². The second-order valence-corrected chi connectivity index (χ2v) is 36.5. The van der Waals surface area contributed by atoms with Crippen molar-refractivity contribution in [1.82, 2.24) is 0 Å². The van der Waals surface area contributed by atoms with Gasteiger partial charge in [-0.15, -0.1) is 0 Å². The Morgan fingerprint density at radius 1 is 0.125 bits per heavy atom. The highest BCUT2D eigenvalue weighted by Crippen LogP contribution is 2.57. The Kier molecular flexibility index (Phi) is 18.4. The van der Waals surface area contributed by atoms with Crippen molar-refractivity contribution in [1.29, 1.82) is 0 Å². The van der Waals surface area contributed by atoms with Crippen molar-refractivity contribution in [3.8, 4) is 44.5 Å². The molecule has 0 fully saturated rings. The first-order valence-electron chi connectivity index (χ1n) is 43.7. The van der Waals surface area contributed by atoms with Crippen LogP contribution in [0.4, 0.5) is 51.2 Å². The summed E-state index contributed by atoms with van der Waals surface area (Å²) < 4.78 is 0. The summed E-state index contributed by atoms with van der Waals surface area (Å²) in [7, 11) is 0. The molecule has 3 aliphatic heterocycles. The number of para-hydroxylation sites is 6. The van der Waals surface area contributed by atoms with Crippen molar-refractivity contribution in [3.63, 3.8) is 0 Å². The summed E-state index contributed by atoms with van der Waals surface area (Å²) >= 11 is 5.53. The predicted molar refractivity (Wildman–Crippen MR) is 550 cm³/mol. The van der Waals surface area contributed by atoms with Gasteiger partial charge in [0, 0.05) is 46.1 Å². The Hall–Kier alpha value is -15.4. The van der Waals surface area contributed by atoms with Crippen LogP contribution in [0.2, 0.25) is 0 Å². The fraction of sp³-hybridized carbons (Fsp3) is 0. The summed E-state index contributed by atoms with van der Waals surface area (Å²) in [6.45, 7) is 0. The van der Waals surface area contributed by atoms with Gasteiger partial charge in [-0.25, -0.2) is 0 Å². The number of rotatable bonds is 7. The van der Waals surface area contributed by atoms with E-state index in [4.69, 9.17) is 0 Å². The summed E-state index contributed by atoms with van der Waals surface area (Å²) in [5, 5.41) is 28.5. The van der Waals surface area contributed by atoms with Crippen molar-refractivity contribution in [2.24, 2.45) is 0 Å². The van der Waals surface area contributed by atoms with E-state index in [1.54, 1.807) is 0 Å². The zero-order valence-corrected chi connectivity index (χ0v) is 72.0. The maximum absolute atomic E-state index is 2.44. The van der Waals surface area contributed by atoms with Crippen LogP contribution in [0.1, 0.15) is 0 Å². The van der Waals surface area contributed by atoms with Gasteiger partial charge in [-0.05, 0) is 285 Å². The lowest BCUT2D eigenvalue weighted by atomic mass is 9.90. The van der Waals surface area contributed by atoms with Gasteiger partial charge in [0.2, 0.25) is 0 Å². The molecule has 3 aliphatic rings. The topological polar surface area (TPSA) is 9.72 Å². The van der Waals surface area contributed by atoms with Crippen LogP contribution in [0.3, 0.4) is 0 Å². The third kappa shape index (κ3) is 12.8. The first-order valence-corrected chi connectivity index (χ1v) is 46.2. The standard InChI is InChI=1S/C42H27NS.2C40H25NS/c1-2-14-35-33(12-1)34-13-3-4-15-36(34)38-27-31(24-25-37(35)38)29-22-20-28(21-23-29)30-10-9-11-32(26-30)43-39-16-5-7-18-41(39)44-42-19-8-6-17-40(42)43;1-2-11-33-31(9-1)32-10-3-4-12-34(32)36-25-29(20-22-35(33)36)26-17-18-28-24-30(21-19-27(28)23-26)41-37-13-5-7-15-39(37)42-40-16-8-6-14-38(40)41;1-2-14-31-29(12-1)30-13-3-4-15-32(30)35-25-26(21-22-33(31)35)27-23-24-36(34-16-6-5-11-28(27)34)41-37-17-7-9-19-39(37)42-40-20-10-8-18-38(40)41/h1-27H;2*1-25H. The number of hydrogen-bond donors (Lipinski definition) is 0. The van der Waals surface area contributed by atoms with E-state index in [2.05, 4.69) is 482 Å². The van der Waals surface area contributed by atoms with Crippen molar-refractivity contribution in [2.75, 3.05) is 14.7 Å². The molecule has 0 amide bonds. The molecule has 3 heterocycles. The summed E-state index contributed by atoms with van der Waals surface area (Å²) in [4.78, 5) is 14.9. The largest absolute Gasteiger partial charge is 0.308 e. The Bertz CT molecular complexity index is 8430. The van der Waals surface area contributed by atoms with E-state index in [1.165, 1.54) is 244 Å². The molecule has 24 aromatic rings. The first-order chi connectivity index (χ1) is 63.5. The minimum atomic E-state index is 1.17. The van der Waals surface area contributed by atoms with Gasteiger partial charge in [0.25, 0.3) is 0 Å². The Labute approximate surface area is 754 Å². The molecule has 0 saturated heterocycles. The fourth-order valence-electron chi connectivity index (χ4n) is 20.1. The lowest BCUT2D eigenvalue weighted by Crippen LogP contribution is -2.15.